The first kappa shape index (κ1) is 10.5. The number of amides is 2. The van der Waals surface area contributed by atoms with Crippen LogP contribution in [0.2, 0.25) is 0 Å². The predicted octanol–water partition coefficient (Wildman–Crippen LogP) is 0.159. The molecule has 0 aromatic rings. The molecule has 0 saturated carbocycles. The van der Waals surface area contributed by atoms with E-state index in [1.54, 1.807) is 0 Å². The Bertz CT molecular complexity index is 305. The van der Waals surface area contributed by atoms with Gasteiger partial charge in [0.1, 0.15) is 17.2 Å². The van der Waals surface area contributed by atoms with Gasteiger partial charge < -0.3 is 5.73 Å². The summed E-state index contributed by atoms with van der Waals surface area (Å²) in [5.41, 5.74) is 9.42. The van der Waals surface area contributed by atoms with Gasteiger partial charge in [-0.25, -0.2) is 9.79 Å². The van der Waals surface area contributed by atoms with E-state index in [1.807, 2.05) is 20.8 Å². The van der Waals surface area contributed by atoms with Crippen molar-refractivity contribution in [1.82, 2.24) is 10.9 Å². The van der Waals surface area contributed by atoms with Gasteiger partial charge in [0.05, 0.1) is 0 Å². The molecule has 0 fully saturated rings. The van der Waals surface area contributed by atoms with Crippen molar-refractivity contribution in [3.8, 4) is 0 Å². The van der Waals surface area contributed by atoms with Crippen molar-refractivity contribution in [1.29, 1.82) is 0 Å². The van der Waals surface area contributed by atoms with E-state index in [1.165, 1.54) is 0 Å². The summed E-state index contributed by atoms with van der Waals surface area (Å²) in [6, 6.07) is -0.645. The molecule has 6 heteroatoms. The van der Waals surface area contributed by atoms with E-state index < -0.39 is 11.6 Å². The van der Waals surface area contributed by atoms with Crippen molar-refractivity contribution in [2.24, 2.45) is 15.7 Å². The van der Waals surface area contributed by atoms with Crippen LogP contribution in [0.4, 0.5) is 4.79 Å². The summed E-state index contributed by atoms with van der Waals surface area (Å²) in [5.74, 6) is 1.37. The Morgan fingerprint density at radius 1 is 1.57 bits per heavy atom. The highest BCUT2D eigenvalue weighted by atomic mass is 16.2. The molecule has 0 spiro atoms. The van der Waals surface area contributed by atoms with Gasteiger partial charge in [0.2, 0.25) is 0 Å². The SMILES string of the molecule is CCC1=NC(C)(C)C(NNC(N)=O)=N1. The summed E-state index contributed by atoms with van der Waals surface area (Å²) < 4.78 is 0. The van der Waals surface area contributed by atoms with Crippen LogP contribution in [0.5, 0.6) is 0 Å². The molecular formula is C8H15N5O. The smallest absolute Gasteiger partial charge is 0.330 e. The number of hydrogen-bond acceptors (Lipinski definition) is 4. The molecule has 0 radical (unpaired) electrons. The number of hydrogen-bond donors (Lipinski definition) is 3. The number of nitrogens with one attached hydrogen (secondary N) is 2. The van der Waals surface area contributed by atoms with Crippen LogP contribution in [0.3, 0.4) is 0 Å². The van der Waals surface area contributed by atoms with Crippen LogP contribution in [0.25, 0.3) is 0 Å². The van der Waals surface area contributed by atoms with E-state index in [0.29, 0.717) is 5.84 Å². The number of rotatable bonds is 1. The fraction of sp³-hybridized carbons (Fsp3) is 0.625. The van der Waals surface area contributed by atoms with Gasteiger partial charge in [-0.15, -0.1) is 0 Å². The lowest BCUT2D eigenvalue weighted by molar-refractivity contribution is 0.247. The van der Waals surface area contributed by atoms with Crippen molar-refractivity contribution in [2.45, 2.75) is 32.7 Å². The fourth-order valence-electron chi connectivity index (χ4n) is 1.13. The average molecular weight is 197 g/mol. The lowest BCUT2D eigenvalue weighted by Gasteiger charge is -2.18. The number of carbonyl (C=O) groups excluding carboxylic acids is 1. The molecule has 0 saturated heterocycles. The second-order valence-electron chi connectivity index (χ2n) is 3.52. The second kappa shape index (κ2) is 3.65. The Labute approximate surface area is 82.6 Å². The number of nitrogens with zero attached hydrogens (tertiary/aromatic N) is 2. The van der Waals surface area contributed by atoms with Gasteiger partial charge in [0.15, 0.2) is 0 Å². The number of nitrogens with two attached hydrogens (primary N) is 1. The molecule has 1 aliphatic heterocycles. The standard InChI is InChI=1S/C8H15N5O/c1-4-5-10-6(8(2,3)11-5)12-13-7(9)14/h4H2,1-3H3,(H3,9,13,14)(H,10,11,12). The second-order valence-corrected chi connectivity index (χ2v) is 3.52. The Hall–Kier alpha value is -1.59. The quantitative estimate of drug-likeness (QED) is 0.522. The van der Waals surface area contributed by atoms with Crippen LogP contribution in [-0.2, 0) is 0 Å². The van der Waals surface area contributed by atoms with E-state index in [0.717, 1.165) is 12.3 Å². The molecule has 0 aromatic carbocycles. The first-order chi connectivity index (χ1) is 6.45. The first-order valence-electron chi connectivity index (χ1n) is 4.45. The highest BCUT2D eigenvalue weighted by Crippen LogP contribution is 2.17. The molecule has 4 N–H and O–H groups in total. The van der Waals surface area contributed by atoms with Gasteiger partial charge >= 0.3 is 6.03 Å². The highest BCUT2D eigenvalue weighted by molar-refractivity contribution is 6.07. The zero-order chi connectivity index (χ0) is 10.8. The van der Waals surface area contributed by atoms with Crippen LogP contribution in [0.15, 0.2) is 9.98 Å². The fourth-order valence-corrected chi connectivity index (χ4v) is 1.13. The van der Waals surface area contributed by atoms with Crippen molar-refractivity contribution in [2.75, 3.05) is 0 Å². The summed E-state index contributed by atoms with van der Waals surface area (Å²) in [4.78, 5) is 19.0. The van der Waals surface area contributed by atoms with Gasteiger partial charge in [0.25, 0.3) is 0 Å². The monoisotopic (exact) mass is 197 g/mol. The van der Waals surface area contributed by atoms with Gasteiger partial charge in [-0.2, -0.15) is 0 Å². The number of aliphatic imine (C=N–C) groups is 2. The van der Waals surface area contributed by atoms with E-state index in [4.69, 9.17) is 5.73 Å². The van der Waals surface area contributed by atoms with Crippen molar-refractivity contribution in [3.05, 3.63) is 0 Å². The maximum Gasteiger partial charge on any atom is 0.330 e. The topological polar surface area (TPSA) is 91.9 Å². The number of urea groups is 1. The van der Waals surface area contributed by atoms with Gasteiger partial charge in [0, 0.05) is 6.42 Å². The number of hydrazine groups is 1. The summed E-state index contributed by atoms with van der Waals surface area (Å²) in [6.45, 7) is 5.79. The largest absolute Gasteiger partial charge is 0.350 e. The molecule has 0 aromatic heterocycles. The molecule has 1 aliphatic rings. The van der Waals surface area contributed by atoms with Crippen LogP contribution < -0.4 is 16.6 Å². The van der Waals surface area contributed by atoms with Crippen LogP contribution in [0.1, 0.15) is 27.2 Å². The summed E-state index contributed by atoms with van der Waals surface area (Å²) >= 11 is 0. The summed E-state index contributed by atoms with van der Waals surface area (Å²) in [6.07, 6.45) is 0.769. The molecule has 14 heavy (non-hydrogen) atoms. The Morgan fingerprint density at radius 2 is 2.21 bits per heavy atom. The van der Waals surface area contributed by atoms with Crippen molar-refractivity contribution in [3.63, 3.8) is 0 Å². The lowest BCUT2D eigenvalue weighted by Crippen LogP contribution is -2.50. The zero-order valence-electron chi connectivity index (χ0n) is 8.59. The predicted molar refractivity (Wildman–Crippen MR) is 55.1 cm³/mol. The Kier molecular flexibility index (Phi) is 2.73. The third-order valence-electron chi connectivity index (χ3n) is 1.85. The first-order valence-corrected chi connectivity index (χ1v) is 4.45. The number of carbonyl (C=O) groups is 1. The normalized spacial score (nSPS) is 18.5. The highest BCUT2D eigenvalue weighted by Gasteiger charge is 2.30. The molecule has 1 heterocycles. The number of amidine groups is 2. The molecule has 0 bridgehead atoms. The van der Waals surface area contributed by atoms with Crippen LogP contribution in [0, 0.1) is 0 Å². The average Bonchev–Trinajstić information content (AvgIpc) is 2.37. The van der Waals surface area contributed by atoms with E-state index >= 15 is 0 Å². The van der Waals surface area contributed by atoms with Crippen molar-refractivity contribution < 1.29 is 4.79 Å². The maximum atomic E-state index is 10.5. The minimum absolute atomic E-state index is 0.423. The molecule has 0 atom stereocenters. The number of primary amides is 1. The summed E-state index contributed by atoms with van der Waals surface area (Å²) in [7, 11) is 0. The Balaban J connectivity index is 2.67. The van der Waals surface area contributed by atoms with E-state index in [9.17, 15) is 4.79 Å². The summed E-state index contributed by atoms with van der Waals surface area (Å²) in [5, 5.41) is 0. The molecule has 6 nitrogen and oxygen atoms in total. The molecule has 1 rings (SSSR count). The molecular weight excluding hydrogens is 182 g/mol. The third kappa shape index (κ3) is 2.21. The van der Waals surface area contributed by atoms with E-state index in [2.05, 4.69) is 20.8 Å². The molecule has 0 unspecified atom stereocenters. The van der Waals surface area contributed by atoms with Crippen LogP contribution in [-0.4, -0.2) is 23.2 Å². The van der Waals surface area contributed by atoms with Gasteiger partial charge in [-0.1, -0.05) is 6.92 Å². The minimum atomic E-state index is -0.645. The van der Waals surface area contributed by atoms with Gasteiger partial charge in [-0.05, 0) is 13.8 Å². The van der Waals surface area contributed by atoms with Gasteiger partial charge in [-0.3, -0.25) is 15.8 Å². The minimum Gasteiger partial charge on any atom is -0.350 e. The van der Waals surface area contributed by atoms with Crippen LogP contribution >= 0.6 is 0 Å². The Morgan fingerprint density at radius 3 is 2.64 bits per heavy atom. The van der Waals surface area contributed by atoms with Crippen molar-refractivity contribution >= 4 is 17.7 Å². The molecule has 0 aliphatic carbocycles. The zero-order valence-corrected chi connectivity index (χ0v) is 8.59. The van der Waals surface area contributed by atoms with E-state index in [-0.39, 0.29) is 0 Å². The third-order valence-corrected chi connectivity index (χ3v) is 1.85. The molecule has 78 valence electrons. The molecule has 2 amide bonds. The maximum absolute atomic E-state index is 10.5. The lowest BCUT2D eigenvalue weighted by atomic mass is 10.1.